The molecule has 0 amide bonds. The number of rotatable bonds is 3. The molecule has 1 aliphatic carbocycles. The molecule has 1 aromatic rings. The van der Waals surface area contributed by atoms with Gasteiger partial charge in [0.2, 0.25) is 0 Å². The van der Waals surface area contributed by atoms with Crippen LogP contribution in [0.25, 0.3) is 0 Å². The molecule has 0 bridgehead atoms. The van der Waals surface area contributed by atoms with E-state index in [1.54, 1.807) is 0 Å². The second kappa shape index (κ2) is 3.89. The minimum absolute atomic E-state index is 0.129. The van der Waals surface area contributed by atoms with Crippen LogP contribution in [0.1, 0.15) is 51.4 Å². The highest BCUT2D eigenvalue weighted by atomic mass is 15.6. The number of hydrogen-bond donors (Lipinski definition) is 1. The summed E-state index contributed by atoms with van der Waals surface area (Å²) in [6.07, 6.45) is 4.93. The van der Waals surface area contributed by atoms with Crippen molar-refractivity contribution in [1.29, 1.82) is 0 Å². The molecule has 0 aliphatic heterocycles. The van der Waals surface area contributed by atoms with Gasteiger partial charge in [0.05, 0.1) is 11.6 Å². The van der Waals surface area contributed by atoms with Crippen molar-refractivity contribution >= 4 is 0 Å². The summed E-state index contributed by atoms with van der Waals surface area (Å²) in [4.78, 5) is 0. The van der Waals surface area contributed by atoms with Gasteiger partial charge in [0, 0.05) is 0 Å². The molecule has 84 valence electrons. The smallest absolute Gasteiger partial charge is 0.168 e. The highest BCUT2D eigenvalue weighted by Gasteiger charge is 2.34. The molecule has 0 saturated heterocycles. The Labute approximate surface area is 90.2 Å². The summed E-state index contributed by atoms with van der Waals surface area (Å²) in [7, 11) is 1.93. The van der Waals surface area contributed by atoms with Crippen LogP contribution >= 0.6 is 0 Å². The van der Waals surface area contributed by atoms with Gasteiger partial charge in [-0.2, -0.15) is 0 Å². The fourth-order valence-electron chi connectivity index (χ4n) is 2.33. The Bertz CT molecular complexity index is 326. The summed E-state index contributed by atoms with van der Waals surface area (Å²) in [6.45, 7) is 4.34. The zero-order valence-corrected chi connectivity index (χ0v) is 9.69. The minimum atomic E-state index is 0.129. The Kier molecular flexibility index (Phi) is 2.73. The summed E-state index contributed by atoms with van der Waals surface area (Å²) in [5.74, 6) is 0.946. The molecule has 0 radical (unpaired) electrons. The Morgan fingerprint density at radius 3 is 2.67 bits per heavy atom. The number of hydrogen-bond acceptors (Lipinski definition) is 4. The van der Waals surface area contributed by atoms with Crippen LogP contribution in [0.15, 0.2) is 0 Å². The molecule has 1 saturated carbocycles. The molecule has 1 aliphatic rings. The zero-order chi connectivity index (χ0) is 10.9. The fraction of sp³-hybridized carbons (Fsp3) is 0.900. The predicted molar refractivity (Wildman–Crippen MR) is 57.4 cm³/mol. The summed E-state index contributed by atoms with van der Waals surface area (Å²) in [6, 6.07) is 0.206. The van der Waals surface area contributed by atoms with Gasteiger partial charge in [-0.1, -0.05) is 12.8 Å². The van der Waals surface area contributed by atoms with E-state index < -0.39 is 0 Å². The second-order valence-electron chi connectivity index (χ2n) is 4.66. The predicted octanol–water partition coefficient (Wildman–Crippen LogP) is 1.24. The number of aromatic nitrogens is 4. The van der Waals surface area contributed by atoms with Gasteiger partial charge in [-0.25, -0.2) is 4.68 Å². The summed E-state index contributed by atoms with van der Waals surface area (Å²) < 4.78 is 2.02. The van der Waals surface area contributed by atoms with E-state index in [1.807, 2.05) is 11.7 Å². The molecule has 0 aromatic carbocycles. The zero-order valence-electron chi connectivity index (χ0n) is 9.69. The Balaban J connectivity index is 2.31. The van der Waals surface area contributed by atoms with E-state index in [0.717, 1.165) is 5.82 Å². The van der Waals surface area contributed by atoms with Crippen LogP contribution in [0.5, 0.6) is 0 Å². The van der Waals surface area contributed by atoms with Crippen molar-refractivity contribution in [3.05, 3.63) is 5.82 Å². The third kappa shape index (κ3) is 1.76. The first-order valence-electron chi connectivity index (χ1n) is 5.63. The van der Waals surface area contributed by atoms with E-state index in [0.29, 0.717) is 0 Å². The summed E-state index contributed by atoms with van der Waals surface area (Å²) in [5.41, 5.74) is 0.129. The van der Waals surface area contributed by atoms with Gasteiger partial charge >= 0.3 is 0 Å². The van der Waals surface area contributed by atoms with Crippen LogP contribution in [-0.4, -0.2) is 27.3 Å². The molecular weight excluding hydrogens is 190 g/mol. The maximum absolute atomic E-state index is 4.15. The van der Waals surface area contributed by atoms with E-state index >= 15 is 0 Å². The first kappa shape index (κ1) is 10.5. The number of nitrogens with one attached hydrogen (secondary N) is 1. The molecule has 1 N–H and O–H groups in total. The molecule has 2 rings (SSSR count). The highest BCUT2D eigenvalue weighted by molar-refractivity contribution is 4.97. The molecule has 1 heterocycles. The summed E-state index contributed by atoms with van der Waals surface area (Å²) >= 11 is 0. The van der Waals surface area contributed by atoms with Gasteiger partial charge in [-0.05, 0) is 44.2 Å². The van der Waals surface area contributed by atoms with Crippen molar-refractivity contribution in [2.45, 2.75) is 51.1 Å². The van der Waals surface area contributed by atoms with Gasteiger partial charge in [0.1, 0.15) is 0 Å². The Hall–Kier alpha value is -0.970. The molecule has 1 fully saturated rings. The SMILES string of the molecule is CNC(C)c1nnnn1C1(C)CCCC1. The first-order chi connectivity index (χ1) is 7.17. The van der Waals surface area contributed by atoms with Crippen LogP contribution < -0.4 is 5.32 Å². The maximum atomic E-state index is 4.15. The highest BCUT2D eigenvalue weighted by Crippen LogP contribution is 2.36. The van der Waals surface area contributed by atoms with Crippen molar-refractivity contribution in [2.75, 3.05) is 7.05 Å². The Morgan fingerprint density at radius 2 is 2.07 bits per heavy atom. The normalized spacial score (nSPS) is 21.8. The molecule has 15 heavy (non-hydrogen) atoms. The quantitative estimate of drug-likeness (QED) is 0.813. The largest absolute Gasteiger partial charge is 0.311 e. The lowest BCUT2D eigenvalue weighted by atomic mass is 10.0. The van der Waals surface area contributed by atoms with Crippen LogP contribution in [0.3, 0.4) is 0 Å². The van der Waals surface area contributed by atoms with Crippen molar-refractivity contribution in [1.82, 2.24) is 25.5 Å². The molecule has 5 nitrogen and oxygen atoms in total. The minimum Gasteiger partial charge on any atom is -0.311 e. The van der Waals surface area contributed by atoms with E-state index in [2.05, 4.69) is 34.7 Å². The fourth-order valence-corrected chi connectivity index (χ4v) is 2.33. The average molecular weight is 209 g/mol. The van der Waals surface area contributed by atoms with E-state index in [9.17, 15) is 0 Å². The Morgan fingerprint density at radius 1 is 1.40 bits per heavy atom. The topological polar surface area (TPSA) is 55.6 Å². The lowest BCUT2D eigenvalue weighted by molar-refractivity contribution is 0.272. The first-order valence-corrected chi connectivity index (χ1v) is 5.63. The molecular formula is C10H19N5. The third-order valence-corrected chi connectivity index (χ3v) is 3.51. The van der Waals surface area contributed by atoms with E-state index in [4.69, 9.17) is 0 Å². The number of nitrogens with zero attached hydrogens (tertiary/aromatic N) is 4. The van der Waals surface area contributed by atoms with Gasteiger partial charge < -0.3 is 5.32 Å². The van der Waals surface area contributed by atoms with Crippen molar-refractivity contribution in [3.63, 3.8) is 0 Å². The molecule has 0 spiro atoms. The van der Waals surface area contributed by atoms with Crippen LogP contribution in [0.4, 0.5) is 0 Å². The lowest BCUT2D eigenvalue weighted by Gasteiger charge is -2.26. The van der Waals surface area contributed by atoms with E-state index in [1.165, 1.54) is 25.7 Å². The third-order valence-electron chi connectivity index (χ3n) is 3.51. The molecule has 1 aromatic heterocycles. The van der Waals surface area contributed by atoms with Crippen molar-refractivity contribution in [3.8, 4) is 0 Å². The van der Waals surface area contributed by atoms with E-state index in [-0.39, 0.29) is 11.6 Å². The monoisotopic (exact) mass is 209 g/mol. The van der Waals surface area contributed by atoms with Crippen LogP contribution in [-0.2, 0) is 5.54 Å². The molecule has 5 heteroatoms. The second-order valence-corrected chi connectivity index (χ2v) is 4.66. The molecule has 1 atom stereocenters. The van der Waals surface area contributed by atoms with Gasteiger partial charge in [0.15, 0.2) is 5.82 Å². The van der Waals surface area contributed by atoms with Crippen molar-refractivity contribution in [2.24, 2.45) is 0 Å². The maximum Gasteiger partial charge on any atom is 0.168 e. The standard InChI is InChI=1S/C10H19N5/c1-8(11-3)9-12-13-14-15(9)10(2)6-4-5-7-10/h8,11H,4-7H2,1-3H3. The lowest BCUT2D eigenvalue weighted by Crippen LogP contribution is -2.32. The van der Waals surface area contributed by atoms with Gasteiger partial charge in [0.25, 0.3) is 0 Å². The van der Waals surface area contributed by atoms with Crippen LogP contribution in [0.2, 0.25) is 0 Å². The van der Waals surface area contributed by atoms with Crippen molar-refractivity contribution < 1.29 is 0 Å². The average Bonchev–Trinajstić information content (AvgIpc) is 2.85. The van der Waals surface area contributed by atoms with Gasteiger partial charge in [-0.15, -0.1) is 5.10 Å². The number of tetrazole rings is 1. The van der Waals surface area contributed by atoms with Gasteiger partial charge in [-0.3, -0.25) is 0 Å². The summed E-state index contributed by atoms with van der Waals surface area (Å²) in [5, 5.41) is 15.3. The molecule has 1 unspecified atom stereocenters. The van der Waals surface area contributed by atoms with Crippen LogP contribution in [0, 0.1) is 0 Å².